The molecule has 1 aliphatic rings. The van der Waals surface area contributed by atoms with Crippen LogP contribution in [0.25, 0.3) is 0 Å². The van der Waals surface area contributed by atoms with Gasteiger partial charge < -0.3 is 4.90 Å². The minimum absolute atomic E-state index is 0.250. The Morgan fingerprint density at radius 2 is 1.79 bits per heavy atom. The molecule has 0 spiro atoms. The maximum atomic E-state index is 12.5. The van der Waals surface area contributed by atoms with Crippen LogP contribution in [0.5, 0.6) is 0 Å². The summed E-state index contributed by atoms with van der Waals surface area (Å²) in [5.41, 5.74) is 1.09. The highest BCUT2D eigenvalue weighted by Crippen LogP contribution is 2.24. The Morgan fingerprint density at radius 1 is 1.14 bits per heavy atom. The maximum Gasteiger partial charge on any atom is 0.408 e. The second-order valence-corrected chi connectivity index (χ2v) is 6.87. The molecule has 148 valence electrons. The fraction of sp³-hybridized carbons (Fsp3) is 0.389. The first-order chi connectivity index (χ1) is 13.3. The highest BCUT2D eigenvalue weighted by Gasteiger charge is 2.30. The van der Waals surface area contributed by atoms with E-state index in [0.29, 0.717) is 42.1 Å². The average Bonchev–Trinajstić information content (AvgIpc) is 2.66. The Labute approximate surface area is 164 Å². The van der Waals surface area contributed by atoms with E-state index < -0.39 is 18.3 Å². The van der Waals surface area contributed by atoms with E-state index in [0.717, 1.165) is 12.1 Å². The quantitative estimate of drug-likeness (QED) is 0.774. The van der Waals surface area contributed by atoms with Crippen molar-refractivity contribution in [3.8, 4) is 6.07 Å². The van der Waals surface area contributed by atoms with Gasteiger partial charge in [0.15, 0.2) is 0 Å². The van der Waals surface area contributed by atoms with E-state index in [1.54, 1.807) is 12.1 Å². The summed E-state index contributed by atoms with van der Waals surface area (Å²) in [6, 6.07) is 9.44. The molecule has 0 bridgehead atoms. The topological polar surface area (TPSA) is 65.2 Å². The molecule has 1 aliphatic heterocycles. The molecular formula is C18H17ClF3N5O. The molecule has 0 atom stereocenters. The van der Waals surface area contributed by atoms with Crippen LogP contribution in [0.4, 0.5) is 18.9 Å². The normalized spacial score (nSPS) is 15.5. The number of aromatic nitrogens is 2. The number of benzene rings is 1. The lowest BCUT2D eigenvalue weighted by Gasteiger charge is -2.36. The van der Waals surface area contributed by atoms with E-state index in [2.05, 4.69) is 16.1 Å². The number of piperazine rings is 1. The van der Waals surface area contributed by atoms with Gasteiger partial charge in [0.05, 0.1) is 23.5 Å². The standard InChI is InChI=1S/C18H17ClF3N5O/c19-16-15(10-24-27(17(16)28)12-18(20,21)22)26-7-5-25(6-8-26)11-14-3-1-13(9-23)2-4-14/h1-4,10H,5-8,11-12H2. The minimum atomic E-state index is -4.54. The third-order valence-electron chi connectivity index (χ3n) is 4.50. The van der Waals surface area contributed by atoms with Crippen molar-refractivity contribution in [3.63, 3.8) is 0 Å². The van der Waals surface area contributed by atoms with Gasteiger partial charge in [-0.2, -0.15) is 23.5 Å². The summed E-state index contributed by atoms with van der Waals surface area (Å²) in [7, 11) is 0. The van der Waals surface area contributed by atoms with E-state index >= 15 is 0 Å². The predicted octanol–water partition coefficient (Wildman–Crippen LogP) is 2.65. The lowest BCUT2D eigenvalue weighted by Crippen LogP contribution is -2.46. The van der Waals surface area contributed by atoms with Crippen LogP contribution in [0.3, 0.4) is 0 Å². The van der Waals surface area contributed by atoms with Crippen molar-refractivity contribution >= 4 is 17.3 Å². The SMILES string of the molecule is N#Cc1ccc(CN2CCN(c3cnn(CC(F)(F)F)c(=O)c3Cl)CC2)cc1. The van der Waals surface area contributed by atoms with Crippen molar-refractivity contribution in [2.45, 2.75) is 19.3 Å². The van der Waals surface area contributed by atoms with Gasteiger partial charge >= 0.3 is 6.18 Å². The molecule has 0 unspecified atom stereocenters. The molecule has 1 aromatic carbocycles. The zero-order valence-corrected chi connectivity index (χ0v) is 15.5. The summed E-state index contributed by atoms with van der Waals surface area (Å²) in [6.07, 6.45) is -3.33. The highest BCUT2D eigenvalue weighted by molar-refractivity contribution is 6.33. The third kappa shape index (κ3) is 4.82. The summed E-state index contributed by atoms with van der Waals surface area (Å²) in [5.74, 6) is 0. The van der Waals surface area contributed by atoms with E-state index in [-0.39, 0.29) is 5.02 Å². The lowest BCUT2D eigenvalue weighted by atomic mass is 10.1. The van der Waals surface area contributed by atoms with Gasteiger partial charge in [0.2, 0.25) is 0 Å². The van der Waals surface area contributed by atoms with Crippen LogP contribution in [0, 0.1) is 11.3 Å². The number of halogens is 4. The van der Waals surface area contributed by atoms with Crippen LogP contribution in [0.1, 0.15) is 11.1 Å². The second kappa shape index (κ2) is 8.20. The molecule has 1 fully saturated rings. The molecular weight excluding hydrogens is 395 g/mol. The molecule has 10 heteroatoms. The van der Waals surface area contributed by atoms with E-state index in [9.17, 15) is 18.0 Å². The molecule has 0 saturated carbocycles. The van der Waals surface area contributed by atoms with Crippen LogP contribution >= 0.6 is 11.6 Å². The molecule has 6 nitrogen and oxygen atoms in total. The molecule has 1 aromatic heterocycles. The van der Waals surface area contributed by atoms with Gasteiger partial charge in [0.1, 0.15) is 11.6 Å². The van der Waals surface area contributed by atoms with Gasteiger partial charge in [-0.3, -0.25) is 9.69 Å². The Morgan fingerprint density at radius 3 is 2.36 bits per heavy atom. The van der Waals surface area contributed by atoms with Crippen molar-refractivity contribution in [2.24, 2.45) is 0 Å². The predicted molar refractivity (Wildman–Crippen MR) is 98.2 cm³/mol. The molecule has 0 aliphatic carbocycles. The monoisotopic (exact) mass is 411 g/mol. The van der Waals surface area contributed by atoms with Crippen molar-refractivity contribution in [2.75, 3.05) is 31.1 Å². The van der Waals surface area contributed by atoms with Crippen molar-refractivity contribution in [1.82, 2.24) is 14.7 Å². The lowest BCUT2D eigenvalue weighted by molar-refractivity contribution is -0.143. The highest BCUT2D eigenvalue weighted by atomic mass is 35.5. The van der Waals surface area contributed by atoms with Gasteiger partial charge in [0, 0.05) is 32.7 Å². The second-order valence-electron chi connectivity index (χ2n) is 6.49. The molecule has 0 radical (unpaired) electrons. The van der Waals surface area contributed by atoms with Gasteiger partial charge in [-0.1, -0.05) is 23.7 Å². The molecule has 2 heterocycles. The smallest absolute Gasteiger partial charge is 0.366 e. The van der Waals surface area contributed by atoms with Crippen LogP contribution < -0.4 is 10.5 Å². The van der Waals surface area contributed by atoms with E-state index in [4.69, 9.17) is 16.9 Å². The summed E-state index contributed by atoms with van der Waals surface area (Å²) < 4.78 is 37.8. The van der Waals surface area contributed by atoms with Gasteiger partial charge in [-0.25, -0.2) is 4.68 Å². The number of alkyl halides is 3. The first kappa shape index (κ1) is 20.2. The van der Waals surface area contributed by atoms with Crippen LogP contribution in [0.15, 0.2) is 35.3 Å². The number of hydrogen-bond acceptors (Lipinski definition) is 5. The molecule has 0 amide bonds. The zero-order chi connectivity index (χ0) is 20.3. The van der Waals surface area contributed by atoms with Crippen molar-refractivity contribution < 1.29 is 13.2 Å². The van der Waals surface area contributed by atoms with Crippen molar-refractivity contribution in [1.29, 1.82) is 5.26 Å². The van der Waals surface area contributed by atoms with E-state index in [1.807, 2.05) is 17.0 Å². The molecule has 28 heavy (non-hydrogen) atoms. The largest absolute Gasteiger partial charge is 0.408 e. The number of hydrogen-bond donors (Lipinski definition) is 0. The molecule has 1 saturated heterocycles. The Hall–Kier alpha value is -2.57. The molecule has 2 aromatic rings. The first-order valence-corrected chi connectivity index (χ1v) is 8.93. The van der Waals surface area contributed by atoms with Crippen LogP contribution in [0.2, 0.25) is 5.02 Å². The van der Waals surface area contributed by atoms with Crippen molar-refractivity contribution in [3.05, 3.63) is 57.0 Å². The van der Waals surface area contributed by atoms with Crippen LogP contribution in [-0.4, -0.2) is 47.0 Å². The Balaban J connectivity index is 1.63. The van der Waals surface area contributed by atoms with Crippen LogP contribution in [-0.2, 0) is 13.1 Å². The minimum Gasteiger partial charge on any atom is -0.366 e. The van der Waals surface area contributed by atoms with E-state index in [1.165, 1.54) is 6.20 Å². The molecule has 0 N–H and O–H groups in total. The average molecular weight is 412 g/mol. The van der Waals surface area contributed by atoms with Gasteiger partial charge in [-0.15, -0.1) is 0 Å². The van der Waals surface area contributed by atoms with Gasteiger partial charge in [0.25, 0.3) is 5.56 Å². The fourth-order valence-corrected chi connectivity index (χ4v) is 3.31. The fourth-order valence-electron chi connectivity index (χ4n) is 3.05. The number of nitrogens with zero attached hydrogens (tertiary/aromatic N) is 5. The summed E-state index contributed by atoms with van der Waals surface area (Å²) in [5, 5.41) is 12.2. The summed E-state index contributed by atoms with van der Waals surface area (Å²) in [6.45, 7) is 1.79. The zero-order valence-electron chi connectivity index (χ0n) is 14.8. The Bertz CT molecular complexity index is 928. The third-order valence-corrected chi connectivity index (χ3v) is 4.85. The first-order valence-electron chi connectivity index (χ1n) is 8.55. The number of rotatable bonds is 4. The Kier molecular flexibility index (Phi) is 5.91. The molecule has 3 rings (SSSR count). The summed E-state index contributed by atoms with van der Waals surface area (Å²) in [4.78, 5) is 16.1. The number of nitriles is 1. The maximum absolute atomic E-state index is 12.5. The summed E-state index contributed by atoms with van der Waals surface area (Å²) >= 11 is 6.03. The van der Waals surface area contributed by atoms with Gasteiger partial charge in [-0.05, 0) is 17.7 Å². The number of anilines is 1.